The molecule has 0 aromatic heterocycles. The largest absolute Gasteiger partial charge is 0.368 e. The van der Waals surface area contributed by atoms with Gasteiger partial charge in [0.05, 0.1) is 6.54 Å². The molecule has 0 saturated carbocycles. The van der Waals surface area contributed by atoms with Crippen LogP contribution in [0.4, 0.5) is 10.1 Å². The lowest BCUT2D eigenvalue weighted by molar-refractivity contribution is -0.125. The third-order valence-electron chi connectivity index (χ3n) is 4.67. The molecule has 2 aromatic carbocycles. The molecule has 2 amide bonds. The van der Waals surface area contributed by atoms with Crippen molar-refractivity contribution < 1.29 is 14.0 Å². The fourth-order valence-electron chi connectivity index (χ4n) is 3.50. The summed E-state index contributed by atoms with van der Waals surface area (Å²) in [5.74, 6) is -1.18. The average Bonchev–Trinajstić information content (AvgIpc) is 2.61. The topological polar surface area (TPSA) is 66.6 Å². The van der Waals surface area contributed by atoms with Crippen LogP contribution >= 0.6 is 0 Å². The number of anilines is 1. The van der Waals surface area contributed by atoms with Gasteiger partial charge in [-0.2, -0.15) is 0 Å². The Morgan fingerprint density at radius 1 is 1.23 bits per heavy atom. The van der Waals surface area contributed by atoms with Crippen LogP contribution in [0.25, 0.3) is 0 Å². The van der Waals surface area contributed by atoms with Gasteiger partial charge in [0.1, 0.15) is 11.9 Å². The van der Waals surface area contributed by atoms with Gasteiger partial charge in [-0.25, -0.2) is 4.39 Å². The summed E-state index contributed by atoms with van der Waals surface area (Å²) >= 11 is 0. The quantitative estimate of drug-likeness (QED) is 0.895. The Hall–Kier alpha value is -2.73. The van der Waals surface area contributed by atoms with Gasteiger partial charge < -0.3 is 10.6 Å². The van der Waals surface area contributed by atoms with Gasteiger partial charge in [-0.15, -0.1) is 0 Å². The fourth-order valence-corrected chi connectivity index (χ4v) is 3.50. The molecule has 0 radical (unpaired) electrons. The number of aryl methyl sites for hydroxylation is 1. The highest BCUT2D eigenvalue weighted by Crippen LogP contribution is 2.27. The van der Waals surface area contributed by atoms with Crippen LogP contribution in [-0.4, -0.2) is 36.9 Å². The maximum atomic E-state index is 13.5. The minimum atomic E-state index is -0.866. The van der Waals surface area contributed by atoms with Crippen molar-refractivity contribution in [1.29, 1.82) is 0 Å². The minimum absolute atomic E-state index is 0.0124. The van der Waals surface area contributed by atoms with Gasteiger partial charge in [-0.1, -0.05) is 30.3 Å². The number of primary amides is 1. The monoisotopic (exact) mass is 355 g/mol. The Morgan fingerprint density at radius 2 is 2.00 bits per heavy atom. The second-order valence-electron chi connectivity index (χ2n) is 6.55. The highest BCUT2D eigenvalue weighted by molar-refractivity contribution is 5.96. The summed E-state index contributed by atoms with van der Waals surface area (Å²) in [7, 11) is 1.65. The molecule has 1 unspecified atom stereocenters. The lowest BCUT2D eigenvalue weighted by Gasteiger charge is -2.32. The second-order valence-corrected chi connectivity index (χ2v) is 6.55. The van der Waals surface area contributed by atoms with E-state index in [1.807, 2.05) is 24.3 Å². The number of amides is 2. The minimum Gasteiger partial charge on any atom is -0.368 e. The molecule has 0 bridgehead atoms. The number of nitrogens with zero attached hydrogens (tertiary/aromatic N) is 2. The van der Waals surface area contributed by atoms with Crippen LogP contribution in [0.2, 0.25) is 0 Å². The van der Waals surface area contributed by atoms with E-state index in [2.05, 4.69) is 0 Å². The number of nitrogens with two attached hydrogens (primary N) is 1. The Morgan fingerprint density at radius 3 is 2.73 bits per heavy atom. The molecule has 136 valence electrons. The van der Waals surface area contributed by atoms with Crippen molar-refractivity contribution in [2.75, 3.05) is 25.0 Å². The van der Waals surface area contributed by atoms with E-state index >= 15 is 0 Å². The van der Waals surface area contributed by atoms with E-state index in [1.54, 1.807) is 22.9 Å². The molecular weight excluding hydrogens is 333 g/mol. The molecule has 1 heterocycles. The van der Waals surface area contributed by atoms with Crippen molar-refractivity contribution in [3.8, 4) is 0 Å². The summed E-state index contributed by atoms with van der Waals surface area (Å²) in [6.07, 6.45) is 1.85. The van der Waals surface area contributed by atoms with Crippen molar-refractivity contribution in [3.63, 3.8) is 0 Å². The standard InChI is InChI=1S/C20H22FN3O2/c1-23(19(20(22)26)15-7-4-9-16(21)12-15)13-18(25)24-11-5-8-14-6-2-3-10-17(14)24/h2-4,6-7,9-10,12,19H,5,8,11,13H2,1H3,(H2,22,26). The summed E-state index contributed by atoms with van der Waals surface area (Å²) < 4.78 is 13.5. The van der Waals surface area contributed by atoms with Gasteiger partial charge >= 0.3 is 0 Å². The first kappa shape index (κ1) is 18.1. The van der Waals surface area contributed by atoms with Crippen LogP contribution in [0, 0.1) is 5.82 Å². The van der Waals surface area contributed by atoms with Crippen molar-refractivity contribution in [1.82, 2.24) is 4.90 Å². The number of fused-ring (bicyclic) bond motifs is 1. The fraction of sp³-hybridized carbons (Fsp3) is 0.300. The van der Waals surface area contributed by atoms with E-state index in [4.69, 9.17) is 5.73 Å². The van der Waals surface area contributed by atoms with E-state index in [0.717, 1.165) is 24.1 Å². The molecule has 1 aliphatic heterocycles. The highest BCUT2D eigenvalue weighted by atomic mass is 19.1. The molecule has 6 heteroatoms. The van der Waals surface area contributed by atoms with E-state index in [9.17, 15) is 14.0 Å². The number of hydrogen-bond donors (Lipinski definition) is 1. The number of hydrogen-bond acceptors (Lipinski definition) is 3. The molecule has 2 aromatic rings. The summed E-state index contributed by atoms with van der Waals surface area (Å²) in [4.78, 5) is 28.1. The Balaban J connectivity index is 1.79. The van der Waals surface area contributed by atoms with Crippen LogP contribution in [0.15, 0.2) is 48.5 Å². The molecule has 0 spiro atoms. The van der Waals surface area contributed by atoms with Crippen molar-refractivity contribution in [2.24, 2.45) is 5.73 Å². The Bertz CT molecular complexity index is 824. The van der Waals surface area contributed by atoms with Gasteiger partial charge in [-0.3, -0.25) is 14.5 Å². The second kappa shape index (κ2) is 7.66. The zero-order valence-electron chi connectivity index (χ0n) is 14.7. The molecule has 26 heavy (non-hydrogen) atoms. The zero-order valence-corrected chi connectivity index (χ0v) is 14.7. The molecule has 0 saturated heterocycles. The van der Waals surface area contributed by atoms with Crippen molar-refractivity contribution >= 4 is 17.5 Å². The predicted molar refractivity (Wildman–Crippen MR) is 98.1 cm³/mol. The van der Waals surface area contributed by atoms with E-state index in [1.165, 1.54) is 18.2 Å². The maximum Gasteiger partial charge on any atom is 0.241 e. The van der Waals surface area contributed by atoms with Gasteiger partial charge in [0.25, 0.3) is 0 Å². The first-order valence-corrected chi connectivity index (χ1v) is 8.60. The normalized spacial score (nSPS) is 14.8. The average molecular weight is 355 g/mol. The van der Waals surface area contributed by atoms with Crippen LogP contribution in [0.1, 0.15) is 23.6 Å². The summed E-state index contributed by atoms with van der Waals surface area (Å²) in [6.45, 7) is 0.656. The lowest BCUT2D eigenvalue weighted by atomic mass is 10.0. The van der Waals surface area contributed by atoms with E-state index < -0.39 is 17.8 Å². The van der Waals surface area contributed by atoms with Crippen LogP contribution < -0.4 is 10.6 Å². The molecule has 0 fully saturated rings. The van der Waals surface area contributed by atoms with Gasteiger partial charge in [0.2, 0.25) is 11.8 Å². The van der Waals surface area contributed by atoms with E-state index in [-0.39, 0.29) is 12.5 Å². The number of carbonyl (C=O) groups is 2. The summed E-state index contributed by atoms with van der Waals surface area (Å²) in [6, 6.07) is 12.7. The Labute approximate surface area is 152 Å². The lowest BCUT2D eigenvalue weighted by Crippen LogP contribution is -2.45. The Kier molecular flexibility index (Phi) is 5.32. The third-order valence-corrected chi connectivity index (χ3v) is 4.67. The molecular formula is C20H22FN3O2. The SMILES string of the molecule is CN(CC(=O)N1CCCc2ccccc21)C(C(N)=O)c1cccc(F)c1. The number of para-hydroxylation sites is 1. The molecule has 1 aliphatic rings. The summed E-state index contributed by atoms with van der Waals surface area (Å²) in [5, 5.41) is 0. The summed E-state index contributed by atoms with van der Waals surface area (Å²) in [5.41, 5.74) is 8.02. The number of likely N-dealkylation sites (N-methyl/N-ethyl adjacent to an activating group) is 1. The molecule has 1 atom stereocenters. The smallest absolute Gasteiger partial charge is 0.241 e. The van der Waals surface area contributed by atoms with E-state index in [0.29, 0.717) is 12.1 Å². The molecule has 3 rings (SSSR count). The van der Waals surface area contributed by atoms with Crippen LogP contribution in [-0.2, 0) is 16.0 Å². The van der Waals surface area contributed by atoms with Crippen LogP contribution in [0.3, 0.4) is 0 Å². The number of benzene rings is 2. The maximum absolute atomic E-state index is 13.5. The molecule has 2 N–H and O–H groups in total. The van der Waals surface area contributed by atoms with Crippen molar-refractivity contribution in [2.45, 2.75) is 18.9 Å². The van der Waals surface area contributed by atoms with Crippen LogP contribution in [0.5, 0.6) is 0 Å². The number of carbonyl (C=O) groups excluding carboxylic acids is 2. The number of halogens is 1. The molecule has 0 aliphatic carbocycles. The first-order chi connectivity index (χ1) is 12.5. The third kappa shape index (κ3) is 3.75. The highest BCUT2D eigenvalue weighted by Gasteiger charge is 2.28. The zero-order chi connectivity index (χ0) is 18.7. The predicted octanol–water partition coefficient (Wildman–Crippen LogP) is 2.26. The first-order valence-electron chi connectivity index (χ1n) is 8.60. The number of rotatable bonds is 5. The van der Waals surface area contributed by atoms with Crippen molar-refractivity contribution in [3.05, 3.63) is 65.5 Å². The molecule has 5 nitrogen and oxygen atoms in total. The van der Waals surface area contributed by atoms with Gasteiger partial charge in [0, 0.05) is 12.2 Å². The van der Waals surface area contributed by atoms with Gasteiger partial charge in [-0.05, 0) is 49.2 Å². The van der Waals surface area contributed by atoms with Gasteiger partial charge in [0.15, 0.2) is 0 Å².